The smallest absolute Gasteiger partial charge is 0.253 e. The molecule has 5 nitrogen and oxygen atoms in total. The Kier molecular flexibility index (Phi) is 4.96. The molecule has 24 heavy (non-hydrogen) atoms. The number of methoxy groups -OCH3 is 1. The lowest BCUT2D eigenvalue weighted by Gasteiger charge is -2.35. The number of sulfonamides is 1. The predicted octanol–water partition coefficient (Wildman–Crippen LogP) is 2.71. The van der Waals surface area contributed by atoms with Crippen LogP contribution in [0.4, 0.5) is 0 Å². The number of nitrogens with zero attached hydrogens (tertiary/aromatic N) is 1. The van der Waals surface area contributed by atoms with Crippen molar-refractivity contribution in [3.05, 3.63) is 46.3 Å². The number of nitrogens with one attached hydrogen (secondary N) is 1. The average Bonchev–Trinajstić information content (AvgIpc) is 2.94. The van der Waals surface area contributed by atoms with Crippen molar-refractivity contribution in [1.29, 1.82) is 0 Å². The molecule has 1 aliphatic rings. The molecule has 1 atom stereocenters. The van der Waals surface area contributed by atoms with Crippen molar-refractivity contribution in [3.63, 3.8) is 0 Å². The zero-order chi connectivity index (χ0) is 17.3. The number of para-hydroxylation sites is 1. The number of ether oxygens (including phenoxy) is 1. The van der Waals surface area contributed by atoms with Crippen LogP contribution in [0.3, 0.4) is 0 Å². The molecule has 0 amide bonds. The molecule has 1 aromatic carbocycles. The van der Waals surface area contributed by atoms with Crippen LogP contribution in [-0.2, 0) is 10.0 Å². The first-order valence-electron chi connectivity index (χ1n) is 7.87. The quantitative estimate of drug-likeness (QED) is 0.904. The van der Waals surface area contributed by atoms with Crippen LogP contribution >= 0.6 is 11.3 Å². The first-order chi connectivity index (χ1) is 11.4. The fourth-order valence-electron chi connectivity index (χ4n) is 2.96. The molecule has 0 aliphatic carbocycles. The molecule has 1 saturated heterocycles. The second-order valence-electron chi connectivity index (χ2n) is 5.88. The minimum absolute atomic E-state index is 0.275. The molecule has 2 heterocycles. The topological polar surface area (TPSA) is 58.6 Å². The van der Waals surface area contributed by atoms with E-state index >= 15 is 0 Å². The maximum Gasteiger partial charge on any atom is 0.253 e. The standard InChI is InChI=1S/C17H22N2O3S2/c1-12-10-17(23-13(12)2)24(20,21)19-9-8-18-11-15(19)14-6-4-5-7-16(14)22-3/h4-7,10,15,18H,8-9,11H2,1-3H3. The fourth-order valence-corrected chi connectivity index (χ4v) is 6.21. The van der Waals surface area contributed by atoms with Gasteiger partial charge in [0, 0.05) is 30.1 Å². The lowest BCUT2D eigenvalue weighted by atomic mass is 10.0. The van der Waals surface area contributed by atoms with E-state index in [0.29, 0.717) is 29.6 Å². The number of piperazine rings is 1. The molecule has 3 rings (SSSR count). The molecule has 7 heteroatoms. The zero-order valence-corrected chi connectivity index (χ0v) is 15.7. The number of thiophene rings is 1. The Bertz CT molecular complexity index is 811. The lowest BCUT2D eigenvalue weighted by Crippen LogP contribution is -2.48. The molecule has 0 saturated carbocycles. The molecule has 1 N–H and O–H groups in total. The van der Waals surface area contributed by atoms with Crippen LogP contribution in [0.2, 0.25) is 0 Å². The summed E-state index contributed by atoms with van der Waals surface area (Å²) in [4.78, 5) is 1.04. The summed E-state index contributed by atoms with van der Waals surface area (Å²) in [5.74, 6) is 0.713. The SMILES string of the molecule is COc1ccccc1C1CNCCN1S(=O)(=O)c1cc(C)c(C)s1. The second kappa shape index (κ2) is 6.84. The molecule has 2 aromatic rings. The molecular weight excluding hydrogens is 344 g/mol. The van der Waals surface area contributed by atoms with E-state index in [-0.39, 0.29) is 6.04 Å². The van der Waals surface area contributed by atoms with Gasteiger partial charge in [-0.3, -0.25) is 0 Å². The van der Waals surface area contributed by atoms with Gasteiger partial charge in [0.1, 0.15) is 9.96 Å². The zero-order valence-electron chi connectivity index (χ0n) is 14.1. The summed E-state index contributed by atoms with van der Waals surface area (Å²) < 4.78 is 33.9. The van der Waals surface area contributed by atoms with Crippen LogP contribution < -0.4 is 10.1 Å². The highest BCUT2D eigenvalue weighted by Gasteiger charge is 2.36. The molecule has 1 aliphatic heterocycles. The summed E-state index contributed by atoms with van der Waals surface area (Å²) in [5, 5.41) is 3.30. The number of hydrogen-bond donors (Lipinski definition) is 1. The van der Waals surface area contributed by atoms with E-state index in [9.17, 15) is 8.42 Å². The monoisotopic (exact) mass is 366 g/mol. The fraction of sp³-hybridized carbons (Fsp3) is 0.412. The van der Waals surface area contributed by atoms with E-state index in [1.165, 1.54) is 11.3 Å². The van der Waals surface area contributed by atoms with E-state index in [2.05, 4.69) is 5.32 Å². The molecule has 130 valence electrons. The number of rotatable bonds is 4. The largest absolute Gasteiger partial charge is 0.496 e. The summed E-state index contributed by atoms with van der Waals surface area (Å²) in [6, 6.07) is 9.11. The molecule has 0 spiro atoms. The number of hydrogen-bond acceptors (Lipinski definition) is 5. The van der Waals surface area contributed by atoms with Crippen LogP contribution in [0.1, 0.15) is 22.0 Å². The van der Waals surface area contributed by atoms with Crippen LogP contribution in [0.15, 0.2) is 34.5 Å². The van der Waals surface area contributed by atoms with Crippen molar-refractivity contribution in [2.75, 3.05) is 26.7 Å². The van der Waals surface area contributed by atoms with Crippen LogP contribution in [0, 0.1) is 13.8 Å². The van der Waals surface area contributed by atoms with Gasteiger partial charge in [-0.2, -0.15) is 4.31 Å². The maximum absolute atomic E-state index is 13.2. The summed E-state index contributed by atoms with van der Waals surface area (Å²) in [7, 11) is -1.92. The Hall–Kier alpha value is -1.41. The van der Waals surface area contributed by atoms with Gasteiger partial charge in [0.05, 0.1) is 13.2 Å². The Morgan fingerprint density at radius 2 is 2.04 bits per heavy atom. The van der Waals surface area contributed by atoms with Gasteiger partial charge in [0.2, 0.25) is 0 Å². The highest BCUT2D eigenvalue weighted by atomic mass is 32.2. The van der Waals surface area contributed by atoms with Crippen molar-refractivity contribution in [3.8, 4) is 5.75 Å². The van der Waals surface area contributed by atoms with E-state index in [1.54, 1.807) is 17.5 Å². The first kappa shape index (κ1) is 17.4. The Morgan fingerprint density at radius 3 is 2.71 bits per heavy atom. The summed E-state index contributed by atoms with van der Waals surface area (Å²) in [6.45, 7) is 5.56. The van der Waals surface area contributed by atoms with Gasteiger partial charge in [0.15, 0.2) is 0 Å². The summed E-state index contributed by atoms with van der Waals surface area (Å²) in [5.41, 5.74) is 1.91. The summed E-state index contributed by atoms with van der Waals surface area (Å²) >= 11 is 1.34. The van der Waals surface area contributed by atoms with E-state index < -0.39 is 10.0 Å². The molecule has 1 aromatic heterocycles. The van der Waals surface area contributed by atoms with E-state index in [4.69, 9.17) is 4.74 Å². The molecular formula is C17H22N2O3S2. The van der Waals surface area contributed by atoms with Crippen molar-refractivity contribution >= 4 is 21.4 Å². The average molecular weight is 367 g/mol. The molecule has 1 fully saturated rings. The number of aryl methyl sites for hydroxylation is 2. The Morgan fingerprint density at radius 1 is 1.29 bits per heavy atom. The number of benzene rings is 1. The second-order valence-corrected chi connectivity index (χ2v) is 9.26. The van der Waals surface area contributed by atoms with Gasteiger partial charge in [-0.05, 0) is 31.5 Å². The van der Waals surface area contributed by atoms with Gasteiger partial charge in [0.25, 0.3) is 10.0 Å². The normalized spacial score (nSPS) is 19.4. The highest BCUT2D eigenvalue weighted by Crippen LogP contribution is 2.36. The van der Waals surface area contributed by atoms with Gasteiger partial charge < -0.3 is 10.1 Å². The van der Waals surface area contributed by atoms with Crippen LogP contribution in [-0.4, -0.2) is 39.5 Å². The third-order valence-electron chi connectivity index (χ3n) is 4.40. The van der Waals surface area contributed by atoms with Crippen molar-refractivity contribution in [2.24, 2.45) is 0 Å². The van der Waals surface area contributed by atoms with Crippen molar-refractivity contribution in [1.82, 2.24) is 9.62 Å². The Balaban J connectivity index is 2.03. The molecule has 0 radical (unpaired) electrons. The maximum atomic E-state index is 13.2. The van der Waals surface area contributed by atoms with Crippen molar-refractivity contribution in [2.45, 2.75) is 24.1 Å². The van der Waals surface area contributed by atoms with E-state index in [0.717, 1.165) is 16.0 Å². The van der Waals surface area contributed by atoms with Gasteiger partial charge >= 0.3 is 0 Å². The third kappa shape index (κ3) is 3.09. The van der Waals surface area contributed by atoms with Gasteiger partial charge in [-0.25, -0.2) is 8.42 Å². The Labute approximate surface area is 147 Å². The van der Waals surface area contributed by atoms with Gasteiger partial charge in [-0.1, -0.05) is 18.2 Å². The van der Waals surface area contributed by atoms with Crippen LogP contribution in [0.25, 0.3) is 0 Å². The minimum atomic E-state index is -3.53. The van der Waals surface area contributed by atoms with E-state index in [1.807, 2.05) is 38.1 Å². The summed E-state index contributed by atoms with van der Waals surface area (Å²) in [6.07, 6.45) is 0. The first-order valence-corrected chi connectivity index (χ1v) is 10.1. The highest BCUT2D eigenvalue weighted by molar-refractivity contribution is 7.91. The third-order valence-corrected chi connectivity index (χ3v) is 7.91. The lowest BCUT2D eigenvalue weighted by molar-refractivity contribution is 0.265. The van der Waals surface area contributed by atoms with Gasteiger partial charge in [-0.15, -0.1) is 11.3 Å². The molecule has 1 unspecified atom stereocenters. The van der Waals surface area contributed by atoms with Crippen molar-refractivity contribution < 1.29 is 13.2 Å². The van der Waals surface area contributed by atoms with Crippen LogP contribution in [0.5, 0.6) is 5.75 Å². The molecule has 0 bridgehead atoms. The minimum Gasteiger partial charge on any atom is -0.496 e. The predicted molar refractivity (Wildman–Crippen MR) is 96.3 cm³/mol.